The van der Waals surface area contributed by atoms with Gasteiger partial charge in [0.2, 0.25) is 0 Å². The van der Waals surface area contributed by atoms with Gasteiger partial charge in [0, 0.05) is 32.2 Å². The van der Waals surface area contributed by atoms with Crippen LogP contribution in [0.2, 0.25) is 0 Å². The second kappa shape index (κ2) is 5.77. The van der Waals surface area contributed by atoms with Crippen LogP contribution in [0.15, 0.2) is 30.6 Å². The van der Waals surface area contributed by atoms with Gasteiger partial charge in [0.05, 0.1) is 18.7 Å². The van der Waals surface area contributed by atoms with E-state index < -0.39 is 18.3 Å². The number of aryl methyl sites for hydroxylation is 1. The predicted octanol–water partition coefficient (Wildman–Crippen LogP) is 2.57. The summed E-state index contributed by atoms with van der Waals surface area (Å²) in [6.07, 6.45) is -1.14. The van der Waals surface area contributed by atoms with Crippen molar-refractivity contribution < 1.29 is 18.3 Å². The maximum absolute atomic E-state index is 13.2. The van der Waals surface area contributed by atoms with Crippen LogP contribution in [0, 0.1) is 0 Å². The average Bonchev–Trinajstić information content (AvgIpc) is 2.82. The normalized spacial score (nSPS) is 11.7. The van der Waals surface area contributed by atoms with E-state index in [1.165, 1.54) is 17.0 Å². The third-order valence-corrected chi connectivity index (χ3v) is 3.26. The van der Waals surface area contributed by atoms with Gasteiger partial charge in [-0.1, -0.05) is 6.07 Å². The van der Waals surface area contributed by atoms with Crippen molar-refractivity contribution in [1.82, 2.24) is 9.55 Å². The van der Waals surface area contributed by atoms with Gasteiger partial charge in [-0.05, 0) is 17.7 Å². The Hall–Kier alpha value is -2.02. The molecule has 0 atom stereocenters. The molecule has 1 heterocycles. The van der Waals surface area contributed by atoms with Gasteiger partial charge in [-0.15, -0.1) is 0 Å². The molecule has 0 saturated heterocycles. The number of aliphatic hydroxyl groups excluding tert-OH is 1. The Morgan fingerprint density at radius 1 is 1.33 bits per heavy atom. The highest BCUT2D eigenvalue weighted by molar-refractivity contribution is 5.56. The first-order chi connectivity index (χ1) is 9.82. The van der Waals surface area contributed by atoms with E-state index in [0.717, 1.165) is 6.07 Å². The van der Waals surface area contributed by atoms with Crippen molar-refractivity contribution in [2.75, 3.05) is 11.9 Å². The van der Waals surface area contributed by atoms with Crippen LogP contribution in [0.3, 0.4) is 0 Å². The molecule has 0 saturated carbocycles. The van der Waals surface area contributed by atoms with Crippen molar-refractivity contribution in [2.24, 2.45) is 7.05 Å². The van der Waals surface area contributed by atoms with Gasteiger partial charge in [0.15, 0.2) is 0 Å². The summed E-state index contributed by atoms with van der Waals surface area (Å²) in [6.45, 7) is -0.169. The fourth-order valence-electron chi connectivity index (χ4n) is 2.09. The molecule has 0 spiro atoms. The Morgan fingerprint density at radius 3 is 2.57 bits per heavy atom. The quantitative estimate of drug-likeness (QED) is 0.943. The molecule has 7 heteroatoms. The fourth-order valence-corrected chi connectivity index (χ4v) is 2.09. The lowest BCUT2D eigenvalue weighted by atomic mass is 10.1. The lowest BCUT2D eigenvalue weighted by Gasteiger charge is -2.23. The van der Waals surface area contributed by atoms with Crippen LogP contribution in [0.25, 0.3) is 0 Å². The van der Waals surface area contributed by atoms with Crippen molar-refractivity contribution in [2.45, 2.75) is 19.3 Å². The monoisotopic (exact) mass is 299 g/mol. The summed E-state index contributed by atoms with van der Waals surface area (Å²) in [5, 5.41) is 9.01. The van der Waals surface area contributed by atoms with Crippen LogP contribution in [0.1, 0.15) is 17.0 Å². The van der Waals surface area contributed by atoms with Gasteiger partial charge in [0.25, 0.3) is 0 Å². The van der Waals surface area contributed by atoms with Crippen LogP contribution in [0.5, 0.6) is 0 Å². The van der Waals surface area contributed by atoms with Gasteiger partial charge in [-0.3, -0.25) is 0 Å². The van der Waals surface area contributed by atoms with Crippen LogP contribution < -0.4 is 4.90 Å². The number of hydrogen-bond donors (Lipinski definition) is 1. The van der Waals surface area contributed by atoms with E-state index in [-0.39, 0.29) is 17.8 Å². The zero-order chi connectivity index (χ0) is 15.6. The zero-order valence-corrected chi connectivity index (χ0v) is 11.7. The number of halogens is 3. The molecule has 21 heavy (non-hydrogen) atoms. The molecule has 4 nitrogen and oxygen atoms in total. The van der Waals surface area contributed by atoms with Gasteiger partial charge in [-0.25, -0.2) is 4.98 Å². The highest BCUT2D eigenvalue weighted by Gasteiger charge is 2.34. The van der Waals surface area contributed by atoms with E-state index in [1.807, 2.05) is 0 Å². The standard InChI is InChI=1S/C14H16F3N3O/c1-19-6-5-18-13(19)8-20(2)12-4-3-10(9-21)7-11(12)14(15,16)17/h3-7,21H,8-9H2,1-2H3. The number of anilines is 1. The summed E-state index contributed by atoms with van der Waals surface area (Å²) in [4.78, 5) is 5.60. The maximum Gasteiger partial charge on any atom is 0.418 e. The number of nitrogens with zero attached hydrogens (tertiary/aromatic N) is 3. The Labute approximate surface area is 120 Å². The number of rotatable bonds is 4. The van der Waals surface area contributed by atoms with E-state index in [9.17, 15) is 13.2 Å². The molecule has 0 aliphatic heterocycles. The van der Waals surface area contributed by atoms with E-state index >= 15 is 0 Å². The Balaban J connectivity index is 2.36. The lowest BCUT2D eigenvalue weighted by molar-refractivity contribution is -0.137. The van der Waals surface area contributed by atoms with Crippen LogP contribution in [0.4, 0.5) is 18.9 Å². The molecule has 2 aromatic rings. The van der Waals surface area contributed by atoms with Crippen molar-refractivity contribution in [3.63, 3.8) is 0 Å². The first-order valence-electron chi connectivity index (χ1n) is 6.31. The molecule has 0 fully saturated rings. The van der Waals surface area contributed by atoms with Crippen molar-refractivity contribution in [3.8, 4) is 0 Å². The van der Waals surface area contributed by atoms with Gasteiger partial charge >= 0.3 is 6.18 Å². The minimum atomic E-state index is -4.48. The summed E-state index contributed by atoms with van der Waals surface area (Å²) in [6, 6.07) is 3.83. The maximum atomic E-state index is 13.2. The molecule has 0 aliphatic rings. The third-order valence-electron chi connectivity index (χ3n) is 3.26. The Bertz CT molecular complexity index is 622. The molecule has 0 unspecified atom stereocenters. The van der Waals surface area contributed by atoms with E-state index in [0.29, 0.717) is 5.82 Å². The number of benzene rings is 1. The largest absolute Gasteiger partial charge is 0.418 e. The molecule has 0 amide bonds. The minimum Gasteiger partial charge on any atom is -0.392 e. The van der Waals surface area contributed by atoms with E-state index in [4.69, 9.17) is 5.11 Å². The van der Waals surface area contributed by atoms with Crippen molar-refractivity contribution in [1.29, 1.82) is 0 Å². The SMILES string of the molecule is CN(Cc1nccn1C)c1ccc(CO)cc1C(F)(F)F. The van der Waals surface area contributed by atoms with Gasteiger partial charge in [0.1, 0.15) is 5.82 Å². The number of hydrogen-bond acceptors (Lipinski definition) is 3. The molecular weight excluding hydrogens is 283 g/mol. The number of alkyl halides is 3. The second-order valence-corrected chi connectivity index (χ2v) is 4.82. The molecule has 1 aromatic heterocycles. The van der Waals surface area contributed by atoms with Crippen LogP contribution in [-0.2, 0) is 26.4 Å². The van der Waals surface area contributed by atoms with Crippen LogP contribution in [-0.4, -0.2) is 21.7 Å². The van der Waals surface area contributed by atoms with Gasteiger partial charge in [-0.2, -0.15) is 13.2 Å². The molecule has 1 N–H and O–H groups in total. The number of imidazole rings is 1. The first kappa shape index (κ1) is 15.4. The van der Waals surface area contributed by atoms with E-state index in [1.54, 1.807) is 31.1 Å². The first-order valence-corrected chi connectivity index (χ1v) is 6.31. The van der Waals surface area contributed by atoms with Gasteiger partial charge < -0.3 is 14.6 Å². The summed E-state index contributed by atoms with van der Waals surface area (Å²) < 4.78 is 41.2. The summed E-state index contributed by atoms with van der Waals surface area (Å²) in [7, 11) is 3.37. The predicted molar refractivity (Wildman–Crippen MR) is 72.7 cm³/mol. The molecule has 2 rings (SSSR count). The number of aliphatic hydroxyl groups is 1. The summed E-state index contributed by atoms with van der Waals surface area (Å²) >= 11 is 0. The molecule has 114 valence electrons. The highest BCUT2D eigenvalue weighted by atomic mass is 19.4. The fraction of sp³-hybridized carbons (Fsp3) is 0.357. The second-order valence-electron chi connectivity index (χ2n) is 4.82. The molecule has 0 bridgehead atoms. The van der Waals surface area contributed by atoms with Crippen molar-refractivity contribution in [3.05, 3.63) is 47.5 Å². The van der Waals surface area contributed by atoms with Crippen molar-refractivity contribution >= 4 is 5.69 Å². The minimum absolute atomic E-state index is 0.0581. The third kappa shape index (κ3) is 3.36. The summed E-state index contributed by atoms with van der Waals surface area (Å²) in [5.41, 5.74) is -0.468. The van der Waals surface area contributed by atoms with E-state index in [2.05, 4.69) is 4.98 Å². The zero-order valence-electron chi connectivity index (χ0n) is 11.7. The number of aromatic nitrogens is 2. The topological polar surface area (TPSA) is 41.3 Å². The average molecular weight is 299 g/mol. The molecular formula is C14H16F3N3O. The Morgan fingerprint density at radius 2 is 2.05 bits per heavy atom. The van der Waals surface area contributed by atoms with Crippen LogP contribution >= 0.6 is 0 Å². The Kier molecular flexibility index (Phi) is 4.22. The smallest absolute Gasteiger partial charge is 0.392 e. The molecule has 1 aromatic carbocycles. The highest BCUT2D eigenvalue weighted by Crippen LogP contribution is 2.37. The lowest BCUT2D eigenvalue weighted by Crippen LogP contribution is -2.22. The molecule has 0 aliphatic carbocycles. The molecule has 0 radical (unpaired) electrons. The summed E-state index contributed by atoms with van der Waals surface area (Å²) in [5.74, 6) is 0.664.